The van der Waals surface area contributed by atoms with Crippen LogP contribution in [0.3, 0.4) is 0 Å². The lowest BCUT2D eigenvalue weighted by Crippen LogP contribution is -2.44. The van der Waals surface area contributed by atoms with Gasteiger partial charge in [0.15, 0.2) is 5.69 Å². The summed E-state index contributed by atoms with van der Waals surface area (Å²) >= 11 is 1.82. The molecule has 1 aliphatic heterocycles. The third kappa shape index (κ3) is 3.39. The number of piperidine rings is 1. The molecule has 1 fully saturated rings. The highest BCUT2D eigenvalue weighted by Gasteiger charge is 2.32. The van der Waals surface area contributed by atoms with Crippen LogP contribution in [0.25, 0.3) is 0 Å². The first-order valence-corrected chi connectivity index (χ1v) is 10.5. The third-order valence-corrected chi connectivity index (χ3v) is 6.70. The van der Waals surface area contributed by atoms with E-state index in [-0.39, 0.29) is 5.91 Å². The normalized spacial score (nSPS) is 20.5. The number of aromatic nitrogens is 2. The maximum atomic E-state index is 13.3. The van der Waals surface area contributed by atoms with Crippen LogP contribution in [0.1, 0.15) is 65.1 Å². The molecule has 0 saturated carbocycles. The molecule has 1 saturated heterocycles. The van der Waals surface area contributed by atoms with Gasteiger partial charge in [0.05, 0.1) is 0 Å². The van der Waals surface area contributed by atoms with Crippen molar-refractivity contribution in [2.24, 2.45) is 7.05 Å². The second-order valence-electron chi connectivity index (χ2n) is 7.37. The Morgan fingerprint density at radius 2 is 2.16 bits per heavy atom. The smallest absolute Gasteiger partial charge is 0.274 e. The molecule has 4 nitrogen and oxygen atoms in total. The van der Waals surface area contributed by atoms with Crippen LogP contribution in [0.2, 0.25) is 0 Å². The van der Waals surface area contributed by atoms with Crippen LogP contribution in [0, 0.1) is 0 Å². The summed E-state index contributed by atoms with van der Waals surface area (Å²) < 4.78 is 1.95. The van der Waals surface area contributed by atoms with Crippen LogP contribution in [0.5, 0.6) is 0 Å². The predicted octanol–water partition coefficient (Wildman–Crippen LogP) is 3.99. The van der Waals surface area contributed by atoms with Crippen LogP contribution in [0.15, 0.2) is 17.5 Å². The highest BCUT2D eigenvalue weighted by Crippen LogP contribution is 2.28. The van der Waals surface area contributed by atoms with Crippen molar-refractivity contribution < 1.29 is 4.79 Å². The second kappa shape index (κ2) is 7.32. The van der Waals surface area contributed by atoms with E-state index >= 15 is 0 Å². The van der Waals surface area contributed by atoms with Gasteiger partial charge in [-0.2, -0.15) is 5.10 Å². The fraction of sp³-hybridized carbons (Fsp3) is 0.600. The van der Waals surface area contributed by atoms with Crippen LogP contribution in [-0.2, 0) is 26.3 Å². The van der Waals surface area contributed by atoms with Gasteiger partial charge in [-0.1, -0.05) is 6.07 Å². The largest absolute Gasteiger partial charge is 0.334 e. The van der Waals surface area contributed by atoms with E-state index in [9.17, 15) is 4.79 Å². The number of nitrogens with zero attached hydrogens (tertiary/aromatic N) is 3. The first kappa shape index (κ1) is 16.8. The molecule has 1 unspecified atom stereocenters. The Morgan fingerprint density at radius 1 is 1.28 bits per heavy atom. The second-order valence-corrected chi connectivity index (χ2v) is 8.40. The summed E-state index contributed by atoms with van der Waals surface area (Å²) in [5, 5.41) is 6.78. The molecule has 1 aliphatic carbocycles. The third-order valence-electron chi connectivity index (χ3n) is 5.76. The summed E-state index contributed by atoms with van der Waals surface area (Å²) in [6, 6.07) is 4.68. The molecule has 1 atom stereocenters. The van der Waals surface area contributed by atoms with E-state index in [1.807, 2.05) is 23.1 Å². The van der Waals surface area contributed by atoms with Crippen molar-refractivity contribution in [2.45, 2.75) is 63.8 Å². The molecular weight excluding hydrogens is 330 g/mol. The molecule has 5 heteroatoms. The molecule has 0 aromatic carbocycles. The summed E-state index contributed by atoms with van der Waals surface area (Å²) in [5.74, 6) is 0.176. The average molecular weight is 358 g/mol. The van der Waals surface area contributed by atoms with E-state index in [0.29, 0.717) is 6.04 Å². The van der Waals surface area contributed by atoms with Gasteiger partial charge in [-0.3, -0.25) is 9.48 Å². The number of likely N-dealkylation sites (tertiary alicyclic amines) is 1. The zero-order valence-corrected chi connectivity index (χ0v) is 15.9. The standard InChI is InChI=1S/C20H27N3OS/c1-22-18-10-3-2-9-17(18)19(21-22)20(24)23-13-5-4-7-15(23)11-12-16-8-6-14-25-16/h6,8,14-15H,2-5,7,9-13H2,1H3. The molecule has 2 aromatic rings. The number of thiophene rings is 1. The van der Waals surface area contributed by atoms with Gasteiger partial charge in [-0.05, 0) is 69.2 Å². The minimum Gasteiger partial charge on any atom is -0.334 e. The van der Waals surface area contributed by atoms with E-state index in [2.05, 4.69) is 27.5 Å². The van der Waals surface area contributed by atoms with Crippen molar-refractivity contribution in [1.82, 2.24) is 14.7 Å². The molecule has 4 rings (SSSR count). The minimum atomic E-state index is 0.176. The van der Waals surface area contributed by atoms with E-state index in [1.54, 1.807) is 0 Å². The van der Waals surface area contributed by atoms with Gasteiger partial charge in [0.25, 0.3) is 5.91 Å². The summed E-state index contributed by atoms with van der Waals surface area (Å²) in [6.45, 7) is 0.888. The van der Waals surface area contributed by atoms with Crippen molar-refractivity contribution >= 4 is 17.2 Å². The lowest BCUT2D eigenvalue weighted by atomic mass is 9.93. The van der Waals surface area contributed by atoms with Crippen molar-refractivity contribution in [1.29, 1.82) is 0 Å². The summed E-state index contributed by atoms with van der Waals surface area (Å²) in [7, 11) is 1.99. The van der Waals surface area contributed by atoms with E-state index in [1.165, 1.54) is 35.4 Å². The first-order valence-electron chi connectivity index (χ1n) is 9.62. The van der Waals surface area contributed by atoms with Gasteiger partial charge < -0.3 is 4.90 Å². The number of carbonyl (C=O) groups excluding carboxylic acids is 1. The Kier molecular flexibility index (Phi) is 4.93. The summed E-state index contributed by atoms with van der Waals surface area (Å²) in [6.07, 6.45) is 10.1. The fourth-order valence-corrected chi connectivity index (χ4v) is 5.14. The SMILES string of the molecule is Cn1nc(C(=O)N2CCCCC2CCc2cccs2)c2c1CCCC2. The van der Waals surface area contributed by atoms with Gasteiger partial charge in [-0.25, -0.2) is 0 Å². The van der Waals surface area contributed by atoms with Gasteiger partial charge in [0, 0.05) is 35.8 Å². The maximum absolute atomic E-state index is 13.3. The molecule has 0 radical (unpaired) electrons. The number of hydrogen-bond acceptors (Lipinski definition) is 3. The Bertz CT molecular complexity index is 734. The van der Waals surface area contributed by atoms with E-state index in [4.69, 9.17) is 0 Å². The lowest BCUT2D eigenvalue weighted by Gasteiger charge is -2.35. The maximum Gasteiger partial charge on any atom is 0.274 e. The first-order chi connectivity index (χ1) is 12.2. The molecule has 0 spiro atoms. The quantitative estimate of drug-likeness (QED) is 0.830. The van der Waals surface area contributed by atoms with Crippen LogP contribution in [-0.4, -0.2) is 33.2 Å². The monoisotopic (exact) mass is 357 g/mol. The number of hydrogen-bond donors (Lipinski definition) is 0. The van der Waals surface area contributed by atoms with Gasteiger partial charge in [-0.15, -0.1) is 11.3 Å². The van der Waals surface area contributed by atoms with Crippen molar-refractivity contribution in [3.05, 3.63) is 39.3 Å². The summed E-state index contributed by atoms with van der Waals surface area (Å²) in [5.41, 5.74) is 3.24. The van der Waals surface area contributed by atoms with Crippen LogP contribution < -0.4 is 0 Å². The Balaban J connectivity index is 1.53. The minimum absolute atomic E-state index is 0.176. The van der Waals surface area contributed by atoms with Crippen molar-refractivity contribution in [3.8, 4) is 0 Å². The molecule has 0 N–H and O–H groups in total. The summed E-state index contributed by atoms with van der Waals surface area (Å²) in [4.78, 5) is 16.9. The van der Waals surface area contributed by atoms with Crippen LogP contribution >= 0.6 is 11.3 Å². The van der Waals surface area contributed by atoms with Gasteiger partial charge in [0.2, 0.25) is 0 Å². The molecule has 1 amide bonds. The fourth-order valence-electron chi connectivity index (χ4n) is 4.41. The molecule has 2 aromatic heterocycles. The van der Waals surface area contributed by atoms with Gasteiger partial charge >= 0.3 is 0 Å². The van der Waals surface area contributed by atoms with Crippen molar-refractivity contribution in [2.75, 3.05) is 6.54 Å². The lowest BCUT2D eigenvalue weighted by molar-refractivity contribution is 0.0594. The van der Waals surface area contributed by atoms with E-state index < -0.39 is 0 Å². The molecule has 25 heavy (non-hydrogen) atoms. The number of aryl methyl sites for hydroxylation is 2. The molecule has 2 aliphatic rings. The zero-order chi connectivity index (χ0) is 17.2. The van der Waals surface area contributed by atoms with E-state index in [0.717, 1.165) is 50.8 Å². The number of rotatable bonds is 4. The predicted molar refractivity (Wildman–Crippen MR) is 101 cm³/mol. The number of carbonyl (C=O) groups is 1. The highest BCUT2D eigenvalue weighted by atomic mass is 32.1. The van der Waals surface area contributed by atoms with Gasteiger partial charge in [0.1, 0.15) is 0 Å². The Labute approximate surface area is 153 Å². The topological polar surface area (TPSA) is 38.1 Å². The molecule has 0 bridgehead atoms. The Hall–Kier alpha value is -1.62. The average Bonchev–Trinajstić information content (AvgIpc) is 3.28. The highest BCUT2D eigenvalue weighted by molar-refractivity contribution is 7.09. The Morgan fingerprint density at radius 3 is 3.00 bits per heavy atom. The zero-order valence-electron chi connectivity index (χ0n) is 15.0. The molecular formula is C20H27N3OS. The van der Waals surface area contributed by atoms with Crippen LogP contribution in [0.4, 0.5) is 0 Å². The molecule has 3 heterocycles. The number of amides is 1. The number of fused-ring (bicyclic) bond motifs is 1. The van der Waals surface area contributed by atoms with Crippen molar-refractivity contribution in [3.63, 3.8) is 0 Å². The molecule has 134 valence electrons.